The number of allylic oxidation sites excluding steroid dienone is 2. The summed E-state index contributed by atoms with van der Waals surface area (Å²) < 4.78 is 0. The van der Waals surface area contributed by atoms with E-state index in [1.807, 2.05) is 36.4 Å². The quantitative estimate of drug-likeness (QED) is 0.517. The molecule has 2 aliphatic heterocycles. The molecule has 0 radical (unpaired) electrons. The summed E-state index contributed by atoms with van der Waals surface area (Å²) in [5, 5.41) is 6.84. The summed E-state index contributed by atoms with van der Waals surface area (Å²) in [7, 11) is 0. The Morgan fingerprint density at radius 3 is 1.41 bits per heavy atom. The standard InChI is InChI=1S/C26H30N4S2/c1-21-19-31-25(27-23-13-7-5-8-14-23)29(21)17-11-3-4-12-18-30-22(2)20-32-26(30)28-24-15-9-6-10-16-24/h5-10,13-16,19-20H,3-4,11-12,17-18H2,1-2H3/p+2. The van der Waals surface area contributed by atoms with Crippen LogP contribution in [-0.2, 0) is 0 Å². The molecule has 2 atom stereocenters. The zero-order valence-corrected chi connectivity index (χ0v) is 20.5. The van der Waals surface area contributed by atoms with Crippen molar-refractivity contribution >= 4 is 45.2 Å². The normalized spacial score (nSPS) is 23.1. The molecule has 166 valence electrons. The summed E-state index contributed by atoms with van der Waals surface area (Å²) in [6.45, 7) is 6.67. The lowest BCUT2D eigenvalue weighted by Crippen LogP contribution is -3.10. The van der Waals surface area contributed by atoms with Crippen LogP contribution in [0.1, 0.15) is 39.5 Å². The molecule has 32 heavy (non-hydrogen) atoms. The number of nitrogens with zero attached hydrogens (tertiary/aromatic N) is 2. The number of thioether (sulfide) groups is 2. The first-order chi connectivity index (χ1) is 15.7. The molecule has 2 heterocycles. The Hall–Kier alpha value is -2.12. The average molecular weight is 465 g/mol. The van der Waals surface area contributed by atoms with Crippen molar-refractivity contribution in [2.24, 2.45) is 9.98 Å². The highest BCUT2D eigenvalue weighted by Gasteiger charge is 2.27. The van der Waals surface area contributed by atoms with Crippen LogP contribution >= 0.6 is 23.5 Å². The van der Waals surface area contributed by atoms with Crippen molar-refractivity contribution in [3.8, 4) is 0 Å². The highest BCUT2D eigenvalue weighted by Crippen LogP contribution is 2.18. The van der Waals surface area contributed by atoms with Crippen LogP contribution < -0.4 is 9.80 Å². The van der Waals surface area contributed by atoms with Crippen molar-refractivity contribution in [3.63, 3.8) is 0 Å². The third-order valence-corrected chi connectivity index (χ3v) is 7.80. The topological polar surface area (TPSA) is 33.6 Å². The lowest BCUT2D eigenvalue weighted by molar-refractivity contribution is -0.757. The van der Waals surface area contributed by atoms with Crippen molar-refractivity contribution in [3.05, 3.63) is 82.9 Å². The molecule has 0 spiro atoms. The number of quaternary nitrogens is 2. The monoisotopic (exact) mass is 464 g/mol. The first kappa shape index (κ1) is 23.1. The molecule has 0 fully saturated rings. The van der Waals surface area contributed by atoms with E-state index < -0.39 is 0 Å². The van der Waals surface area contributed by atoms with Crippen molar-refractivity contribution in [1.29, 1.82) is 0 Å². The number of nitrogens with one attached hydrogen (secondary N) is 2. The molecule has 2 N–H and O–H groups in total. The van der Waals surface area contributed by atoms with E-state index >= 15 is 0 Å². The van der Waals surface area contributed by atoms with Gasteiger partial charge in [0.1, 0.15) is 11.4 Å². The van der Waals surface area contributed by atoms with Gasteiger partial charge in [-0.2, -0.15) is 9.98 Å². The number of amidine groups is 2. The second-order valence-electron chi connectivity index (χ2n) is 8.21. The van der Waals surface area contributed by atoms with E-state index in [1.165, 1.54) is 57.2 Å². The zero-order chi connectivity index (χ0) is 22.2. The molecule has 0 saturated carbocycles. The summed E-state index contributed by atoms with van der Waals surface area (Å²) in [6.07, 6.45) is 4.96. The third-order valence-electron chi connectivity index (χ3n) is 5.74. The fourth-order valence-electron chi connectivity index (χ4n) is 3.90. The highest BCUT2D eigenvalue weighted by atomic mass is 32.2. The molecule has 0 aromatic heterocycles. The van der Waals surface area contributed by atoms with Crippen molar-refractivity contribution in [2.45, 2.75) is 39.5 Å². The van der Waals surface area contributed by atoms with E-state index in [0.29, 0.717) is 0 Å². The second-order valence-corrected chi connectivity index (χ2v) is 9.93. The van der Waals surface area contributed by atoms with E-state index in [2.05, 4.69) is 48.9 Å². The van der Waals surface area contributed by atoms with Crippen LogP contribution in [0.15, 0.2) is 92.9 Å². The van der Waals surface area contributed by atoms with Crippen LogP contribution in [0.3, 0.4) is 0 Å². The van der Waals surface area contributed by atoms with Crippen LogP contribution in [0.25, 0.3) is 0 Å². The molecule has 0 saturated heterocycles. The Kier molecular flexibility index (Phi) is 8.40. The average Bonchev–Trinajstić information content (AvgIpc) is 3.34. The van der Waals surface area contributed by atoms with Gasteiger partial charge in [0, 0.05) is 24.7 Å². The van der Waals surface area contributed by atoms with E-state index in [0.717, 1.165) is 24.5 Å². The second kappa shape index (κ2) is 11.7. The Bertz CT molecular complexity index is 929. The van der Waals surface area contributed by atoms with Gasteiger partial charge in [0.25, 0.3) is 10.3 Å². The predicted octanol–water partition coefficient (Wildman–Crippen LogP) is 4.91. The Balaban J connectivity index is 1.22. The van der Waals surface area contributed by atoms with Gasteiger partial charge in [-0.3, -0.25) is 9.80 Å². The molecule has 4 nitrogen and oxygen atoms in total. The number of aliphatic imine (C=N–C) groups is 2. The van der Waals surface area contributed by atoms with E-state index in [-0.39, 0.29) is 0 Å². The Labute approximate surface area is 200 Å². The number of benzene rings is 2. The van der Waals surface area contributed by atoms with Gasteiger partial charge in [0.15, 0.2) is 0 Å². The molecule has 2 unspecified atom stereocenters. The van der Waals surface area contributed by atoms with Crippen LogP contribution in [0, 0.1) is 0 Å². The van der Waals surface area contributed by atoms with Crippen molar-refractivity contribution in [2.75, 3.05) is 13.1 Å². The number of hydrogen-bond donors (Lipinski definition) is 2. The van der Waals surface area contributed by atoms with Gasteiger partial charge in [-0.25, -0.2) is 0 Å². The smallest absolute Gasteiger partial charge is 0.251 e. The van der Waals surface area contributed by atoms with Crippen LogP contribution in [0.2, 0.25) is 0 Å². The summed E-state index contributed by atoms with van der Waals surface area (Å²) in [5.74, 6) is 0. The minimum atomic E-state index is 1.04. The van der Waals surface area contributed by atoms with Crippen molar-refractivity contribution in [1.82, 2.24) is 0 Å². The Morgan fingerprint density at radius 2 is 1.00 bits per heavy atom. The van der Waals surface area contributed by atoms with Gasteiger partial charge in [-0.15, -0.1) is 0 Å². The number of para-hydroxylation sites is 2. The largest absolute Gasteiger partial charge is 0.271 e. The zero-order valence-electron chi connectivity index (χ0n) is 18.9. The molecular formula is C26H32N4S2+2. The lowest BCUT2D eigenvalue weighted by atomic mass is 10.2. The summed E-state index contributed by atoms with van der Waals surface area (Å²) in [5.41, 5.74) is 4.84. The molecule has 6 heteroatoms. The van der Waals surface area contributed by atoms with Crippen molar-refractivity contribution < 1.29 is 9.80 Å². The Morgan fingerprint density at radius 1 is 0.594 bits per heavy atom. The van der Waals surface area contributed by atoms with Gasteiger partial charge >= 0.3 is 0 Å². The predicted molar refractivity (Wildman–Crippen MR) is 140 cm³/mol. The molecule has 4 rings (SSSR count). The fourth-order valence-corrected chi connectivity index (χ4v) is 5.89. The summed E-state index contributed by atoms with van der Waals surface area (Å²) >= 11 is 3.53. The summed E-state index contributed by atoms with van der Waals surface area (Å²) in [4.78, 5) is 12.6. The molecule has 0 aliphatic carbocycles. The van der Waals surface area contributed by atoms with Gasteiger partial charge in [0.2, 0.25) is 0 Å². The number of unbranched alkanes of at least 4 members (excludes halogenated alkanes) is 3. The molecular weight excluding hydrogens is 432 g/mol. The minimum absolute atomic E-state index is 1.04. The SMILES string of the molecule is CC1=CSC(=Nc2ccccc2)[NH+]1CCCCCC[NH+]1C(C)=CSC1=Nc1ccccc1. The molecule has 0 bridgehead atoms. The first-order valence-corrected chi connectivity index (χ1v) is 13.1. The molecule has 2 aliphatic rings. The van der Waals surface area contributed by atoms with E-state index in [1.54, 1.807) is 23.5 Å². The minimum Gasteiger partial charge on any atom is -0.251 e. The lowest BCUT2D eigenvalue weighted by Gasteiger charge is -2.15. The first-order valence-electron chi connectivity index (χ1n) is 11.4. The third kappa shape index (κ3) is 6.23. The highest BCUT2D eigenvalue weighted by molar-refractivity contribution is 8.16. The molecule has 0 amide bonds. The maximum atomic E-state index is 4.87. The van der Waals surface area contributed by atoms with E-state index in [9.17, 15) is 0 Å². The maximum absolute atomic E-state index is 4.87. The molecule has 2 aromatic rings. The van der Waals surface area contributed by atoms with Gasteiger partial charge in [-0.1, -0.05) is 36.4 Å². The van der Waals surface area contributed by atoms with Crippen LogP contribution in [0.4, 0.5) is 11.4 Å². The number of hydrogen-bond acceptors (Lipinski definition) is 4. The van der Waals surface area contributed by atoms with Crippen LogP contribution in [-0.4, -0.2) is 23.4 Å². The maximum Gasteiger partial charge on any atom is 0.271 e. The van der Waals surface area contributed by atoms with E-state index in [4.69, 9.17) is 9.98 Å². The van der Waals surface area contributed by atoms with Gasteiger partial charge in [-0.05, 0) is 73.5 Å². The van der Waals surface area contributed by atoms with Gasteiger partial charge in [0.05, 0.1) is 24.5 Å². The number of rotatable bonds is 9. The van der Waals surface area contributed by atoms with Gasteiger partial charge < -0.3 is 0 Å². The van der Waals surface area contributed by atoms with Crippen LogP contribution in [0.5, 0.6) is 0 Å². The summed E-state index contributed by atoms with van der Waals surface area (Å²) in [6, 6.07) is 20.6. The molecule has 2 aromatic carbocycles. The fraction of sp³-hybridized carbons (Fsp3) is 0.308.